The van der Waals surface area contributed by atoms with E-state index in [1.807, 2.05) is 32.9 Å². The van der Waals surface area contributed by atoms with Gasteiger partial charge in [0.1, 0.15) is 23.9 Å². The molecular formula is C19H20N2O4. The van der Waals surface area contributed by atoms with E-state index in [0.717, 1.165) is 11.3 Å². The number of amides is 1. The number of nitrogens with one attached hydrogen (secondary N) is 1. The molecule has 0 fully saturated rings. The third-order valence-electron chi connectivity index (χ3n) is 4.00. The Kier molecular flexibility index (Phi) is 4.88. The number of aromatic nitrogens is 1. The van der Waals surface area contributed by atoms with Crippen LogP contribution in [-0.2, 0) is 6.61 Å². The molecule has 2 aromatic heterocycles. The Hall–Kier alpha value is -3.02. The number of furan rings is 1. The minimum absolute atomic E-state index is 0.224. The monoisotopic (exact) mass is 340 g/mol. The van der Waals surface area contributed by atoms with Crippen molar-refractivity contribution in [3.63, 3.8) is 0 Å². The highest BCUT2D eigenvalue weighted by Crippen LogP contribution is 2.22. The maximum absolute atomic E-state index is 12.6. The molecule has 1 aromatic carbocycles. The van der Waals surface area contributed by atoms with Crippen LogP contribution in [0.4, 0.5) is 0 Å². The van der Waals surface area contributed by atoms with Crippen LogP contribution in [0, 0.1) is 13.8 Å². The van der Waals surface area contributed by atoms with Gasteiger partial charge in [-0.3, -0.25) is 4.79 Å². The smallest absolute Gasteiger partial charge is 0.255 e. The molecule has 25 heavy (non-hydrogen) atoms. The number of carbonyl (C=O) groups is 1. The predicted octanol–water partition coefficient (Wildman–Crippen LogP) is 3.95. The lowest BCUT2D eigenvalue weighted by molar-refractivity contribution is 0.0931. The molecule has 6 nitrogen and oxygen atoms in total. The topological polar surface area (TPSA) is 77.5 Å². The zero-order valence-corrected chi connectivity index (χ0v) is 14.4. The summed E-state index contributed by atoms with van der Waals surface area (Å²) in [5.41, 5.74) is 2.14. The van der Waals surface area contributed by atoms with Gasteiger partial charge < -0.3 is 19.0 Å². The van der Waals surface area contributed by atoms with E-state index in [9.17, 15) is 4.79 Å². The second kappa shape index (κ2) is 7.25. The van der Waals surface area contributed by atoms with Gasteiger partial charge in [0.25, 0.3) is 5.91 Å². The van der Waals surface area contributed by atoms with Gasteiger partial charge in [0.05, 0.1) is 29.1 Å². The number of para-hydroxylation sites is 1. The van der Waals surface area contributed by atoms with Crippen LogP contribution in [0.1, 0.15) is 46.1 Å². The molecule has 1 unspecified atom stereocenters. The Morgan fingerprint density at radius 1 is 1.24 bits per heavy atom. The van der Waals surface area contributed by atoms with Gasteiger partial charge in [-0.2, -0.15) is 0 Å². The average molecular weight is 340 g/mol. The van der Waals surface area contributed by atoms with E-state index in [1.165, 1.54) is 0 Å². The number of ether oxygens (including phenoxy) is 1. The fourth-order valence-corrected chi connectivity index (χ4v) is 2.52. The summed E-state index contributed by atoms with van der Waals surface area (Å²) in [6, 6.07) is 10.5. The number of carbonyl (C=O) groups excluding carboxylic acids is 1. The van der Waals surface area contributed by atoms with Crippen molar-refractivity contribution in [3.8, 4) is 5.75 Å². The number of benzene rings is 1. The number of hydrogen-bond donors (Lipinski definition) is 1. The van der Waals surface area contributed by atoms with Gasteiger partial charge in [-0.1, -0.05) is 17.3 Å². The van der Waals surface area contributed by atoms with Crippen LogP contribution in [0.3, 0.4) is 0 Å². The van der Waals surface area contributed by atoms with Crippen LogP contribution in [0.5, 0.6) is 5.75 Å². The van der Waals surface area contributed by atoms with Crippen molar-refractivity contribution < 1.29 is 18.5 Å². The zero-order valence-electron chi connectivity index (χ0n) is 14.4. The van der Waals surface area contributed by atoms with Gasteiger partial charge in [0.2, 0.25) is 0 Å². The van der Waals surface area contributed by atoms with Crippen molar-refractivity contribution in [1.82, 2.24) is 10.5 Å². The number of rotatable bonds is 6. The zero-order chi connectivity index (χ0) is 17.8. The Balaban J connectivity index is 1.73. The van der Waals surface area contributed by atoms with Crippen LogP contribution >= 0.6 is 0 Å². The van der Waals surface area contributed by atoms with E-state index in [0.29, 0.717) is 29.4 Å². The molecule has 0 aliphatic carbocycles. The molecule has 3 aromatic rings. The molecule has 0 radical (unpaired) electrons. The highest BCUT2D eigenvalue weighted by molar-refractivity contribution is 5.97. The van der Waals surface area contributed by atoms with Gasteiger partial charge in [-0.15, -0.1) is 0 Å². The summed E-state index contributed by atoms with van der Waals surface area (Å²) in [4.78, 5) is 12.6. The second-order valence-electron chi connectivity index (χ2n) is 5.80. The molecule has 6 heteroatoms. The molecule has 1 atom stereocenters. The molecular weight excluding hydrogens is 320 g/mol. The molecule has 130 valence electrons. The number of hydrogen-bond acceptors (Lipinski definition) is 5. The first kappa shape index (κ1) is 16.8. The Bertz CT molecular complexity index is 833. The standard InChI is InChI=1S/C19H20N2O4/c1-12-16(14(3)25-21-12)11-24-18-8-5-4-7-15(18)19(22)20-13(2)17-9-6-10-23-17/h4-10,13H,11H2,1-3H3,(H,20,22). The Morgan fingerprint density at radius 3 is 2.72 bits per heavy atom. The van der Waals surface area contributed by atoms with Crippen molar-refractivity contribution in [2.75, 3.05) is 0 Å². The summed E-state index contributed by atoms with van der Waals surface area (Å²) >= 11 is 0. The van der Waals surface area contributed by atoms with Crippen molar-refractivity contribution >= 4 is 5.91 Å². The molecule has 0 saturated carbocycles. The van der Waals surface area contributed by atoms with E-state index in [2.05, 4.69) is 10.5 Å². The molecule has 1 N–H and O–H groups in total. The number of aryl methyl sites for hydroxylation is 2. The molecule has 0 saturated heterocycles. The molecule has 2 heterocycles. The lowest BCUT2D eigenvalue weighted by Gasteiger charge is -2.14. The van der Waals surface area contributed by atoms with Crippen LogP contribution in [0.2, 0.25) is 0 Å². The Morgan fingerprint density at radius 2 is 2.04 bits per heavy atom. The summed E-state index contributed by atoms with van der Waals surface area (Å²) in [6.07, 6.45) is 1.58. The maximum atomic E-state index is 12.6. The van der Waals surface area contributed by atoms with Crippen molar-refractivity contribution in [2.45, 2.75) is 33.4 Å². The van der Waals surface area contributed by atoms with Crippen molar-refractivity contribution in [1.29, 1.82) is 0 Å². The summed E-state index contributed by atoms with van der Waals surface area (Å²) in [5, 5.41) is 6.82. The Labute approximate surface area is 145 Å². The lowest BCUT2D eigenvalue weighted by Crippen LogP contribution is -2.26. The van der Waals surface area contributed by atoms with Crippen molar-refractivity contribution in [3.05, 3.63) is 71.0 Å². The van der Waals surface area contributed by atoms with Gasteiger partial charge in [0.15, 0.2) is 0 Å². The van der Waals surface area contributed by atoms with Gasteiger partial charge >= 0.3 is 0 Å². The lowest BCUT2D eigenvalue weighted by atomic mass is 10.1. The summed E-state index contributed by atoms with van der Waals surface area (Å²) in [5.74, 6) is 1.69. The van der Waals surface area contributed by atoms with Crippen LogP contribution in [0.15, 0.2) is 51.6 Å². The largest absolute Gasteiger partial charge is 0.488 e. The first-order valence-corrected chi connectivity index (χ1v) is 8.04. The van der Waals surface area contributed by atoms with E-state index in [4.69, 9.17) is 13.7 Å². The highest BCUT2D eigenvalue weighted by Gasteiger charge is 2.18. The maximum Gasteiger partial charge on any atom is 0.255 e. The van der Waals surface area contributed by atoms with Crippen LogP contribution in [-0.4, -0.2) is 11.1 Å². The average Bonchev–Trinajstić information content (AvgIpc) is 3.24. The van der Waals surface area contributed by atoms with Gasteiger partial charge in [0, 0.05) is 0 Å². The third-order valence-corrected chi connectivity index (χ3v) is 4.00. The molecule has 0 spiro atoms. The van der Waals surface area contributed by atoms with Gasteiger partial charge in [-0.25, -0.2) is 0 Å². The number of nitrogens with zero attached hydrogens (tertiary/aromatic N) is 1. The molecule has 0 bridgehead atoms. The summed E-state index contributed by atoms with van der Waals surface area (Å²) < 4.78 is 16.3. The normalized spacial score (nSPS) is 12.0. The molecule has 3 rings (SSSR count). The van der Waals surface area contributed by atoms with Crippen LogP contribution in [0.25, 0.3) is 0 Å². The fraction of sp³-hybridized carbons (Fsp3) is 0.263. The summed E-state index contributed by atoms with van der Waals surface area (Å²) in [6.45, 7) is 5.85. The SMILES string of the molecule is Cc1noc(C)c1COc1ccccc1C(=O)NC(C)c1ccco1. The first-order chi connectivity index (χ1) is 12.1. The molecule has 0 aliphatic heterocycles. The van der Waals surface area contributed by atoms with Crippen LogP contribution < -0.4 is 10.1 Å². The van der Waals surface area contributed by atoms with E-state index >= 15 is 0 Å². The first-order valence-electron chi connectivity index (χ1n) is 8.04. The summed E-state index contributed by atoms with van der Waals surface area (Å²) in [7, 11) is 0. The predicted molar refractivity (Wildman–Crippen MR) is 91.3 cm³/mol. The van der Waals surface area contributed by atoms with E-state index in [-0.39, 0.29) is 11.9 Å². The molecule has 0 aliphatic rings. The second-order valence-corrected chi connectivity index (χ2v) is 5.80. The minimum Gasteiger partial charge on any atom is -0.488 e. The van der Waals surface area contributed by atoms with E-state index in [1.54, 1.807) is 30.5 Å². The molecule has 1 amide bonds. The third kappa shape index (κ3) is 3.74. The van der Waals surface area contributed by atoms with Crippen molar-refractivity contribution in [2.24, 2.45) is 0 Å². The van der Waals surface area contributed by atoms with E-state index < -0.39 is 0 Å². The fourth-order valence-electron chi connectivity index (χ4n) is 2.52. The minimum atomic E-state index is -0.238. The van der Waals surface area contributed by atoms with Gasteiger partial charge in [-0.05, 0) is 45.0 Å². The highest BCUT2D eigenvalue weighted by atomic mass is 16.5. The quantitative estimate of drug-likeness (QED) is 0.735.